The average Bonchev–Trinajstić information content (AvgIpc) is 3.54. The van der Waals surface area contributed by atoms with Crippen LogP contribution in [0.2, 0.25) is 0 Å². The number of hydrogen-bond acceptors (Lipinski definition) is 6. The van der Waals surface area contributed by atoms with Crippen LogP contribution >= 0.6 is 0 Å². The quantitative estimate of drug-likeness (QED) is 0.577. The van der Waals surface area contributed by atoms with Crippen LogP contribution in [-0.2, 0) is 14.8 Å². The lowest BCUT2D eigenvalue weighted by Gasteiger charge is -2.27. The van der Waals surface area contributed by atoms with Crippen molar-refractivity contribution in [3.63, 3.8) is 0 Å². The first-order chi connectivity index (χ1) is 16.4. The fourth-order valence-corrected chi connectivity index (χ4v) is 6.02. The number of rotatable bonds is 6. The lowest BCUT2D eigenvalue weighted by atomic mass is 10.1. The Morgan fingerprint density at radius 2 is 1.74 bits per heavy atom. The maximum Gasteiger partial charge on any atom is 0.254 e. The Hall–Kier alpha value is -2.88. The third-order valence-electron chi connectivity index (χ3n) is 6.49. The number of fused-ring (bicyclic) bond motifs is 1. The number of morpholine rings is 1. The van der Waals surface area contributed by atoms with Crippen molar-refractivity contribution in [1.29, 1.82) is 0 Å². The van der Waals surface area contributed by atoms with Crippen molar-refractivity contribution >= 4 is 32.6 Å². The molecule has 0 aliphatic carbocycles. The second kappa shape index (κ2) is 9.40. The zero-order valence-electron chi connectivity index (χ0n) is 19.2. The maximum absolute atomic E-state index is 13.5. The molecule has 180 valence electrons. The number of para-hydroxylation sites is 1. The van der Waals surface area contributed by atoms with E-state index in [1.807, 2.05) is 37.3 Å². The summed E-state index contributed by atoms with van der Waals surface area (Å²) < 4.78 is 39.1. The van der Waals surface area contributed by atoms with Gasteiger partial charge >= 0.3 is 0 Å². The molecule has 0 radical (unpaired) electrons. The molecule has 2 aliphatic heterocycles. The van der Waals surface area contributed by atoms with Crippen LogP contribution in [0.1, 0.15) is 41.9 Å². The van der Waals surface area contributed by atoms with Gasteiger partial charge in [-0.1, -0.05) is 18.2 Å². The van der Waals surface area contributed by atoms with E-state index in [9.17, 15) is 13.2 Å². The number of anilines is 1. The summed E-state index contributed by atoms with van der Waals surface area (Å²) in [7, 11) is -3.72. The Kier molecular flexibility index (Phi) is 6.33. The molecular weight excluding hydrogens is 454 g/mol. The number of carbonyl (C=O) groups is 1. The van der Waals surface area contributed by atoms with Crippen molar-refractivity contribution < 1.29 is 22.4 Å². The molecule has 0 unspecified atom stereocenters. The molecule has 2 aromatic carbocycles. The summed E-state index contributed by atoms with van der Waals surface area (Å²) >= 11 is 0. The van der Waals surface area contributed by atoms with Crippen LogP contribution < -0.4 is 10.2 Å². The molecule has 1 N–H and O–H groups in total. The third kappa shape index (κ3) is 4.43. The molecule has 1 atom stereocenters. The number of sulfonamides is 1. The van der Waals surface area contributed by atoms with Gasteiger partial charge in [0.15, 0.2) is 0 Å². The minimum atomic E-state index is -3.72. The van der Waals surface area contributed by atoms with Crippen molar-refractivity contribution in [3.05, 3.63) is 59.9 Å². The predicted octanol–water partition coefficient (Wildman–Crippen LogP) is 3.54. The van der Waals surface area contributed by atoms with Crippen LogP contribution in [-0.4, -0.2) is 58.0 Å². The fourth-order valence-electron chi connectivity index (χ4n) is 4.59. The zero-order chi connectivity index (χ0) is 23.7. The van der Waals surface area contributed by atoms with E-state index >= 15 is 0 Å². The van der Waals surface area contributed by atoms with Gasteiger partial charge in [0.25, 0.3) is 5.91 Å². The number of furan rings is 1. The van der Waals surface area contributed by atoms with Gasteiger partial charge in [-0.2, -0.15) is 4.31 Å². The molecule has 2 fully saturated rings. The number of amides is 1. The number of nitrogens with zero attached hydrogens (tertiary/aromatic N) is 2. The number of hydrogen-bond donors (Lipinski definition) is 1. The van der Waals surface area contributed by atoms with E-state index in [-0.39, 0.29) is 16.8 Å². The number of ether oxygens (including phenoxy) is 1. The lowest BCUT2D eigenvalue weighted by Crippen LogP contribution is -2.40. The average molecular weight is 484 g/mol. The number of nitrogens with one attached hydrogen (secondary N) is 1. The van der Waals surface area contributed by atoms with Crippen LogP contribution in [0.25, 0.3) is 11.0 Å². The molecule has 5 rings (SSSR count). The first-order valence-electron chi connectivity index (χ1n) is 11.7. The SMILES string of the molecule is C[C@@H](NC(=O)c1cc(S(=O)(=O)N2CCOCC2)ccc1N1CCCC1)c1cc2ccccc2o1. The van der Waals surface area contributed by atoms with Gasteiger partial charge in [0.2, 0.25) is 10.0 Å². The van der Waals surface area contributed by atoms with Crippen LogP contribution in [0.4, 0.5) is 5.69 Å². The highest BCUT2D eigenvalue weighted by molar-refractivity contribution is 7.89. The monoisotopic (exact) mass is 483 g/mol. The highest BCUT2D eigenvalue weighted by Crippen LogP contribution is 2.30. The molecule has 3 aromatic rings. The Labute approximate surface area is 199 Å². The Morgan fingerprint density at radius 3 is 2.47 bits per heavy atom. The Balaban J connectivity index is 1.45. The number of benzene rings is 2. The van der Waals surface area contributed by atoms with E-state index < -0.39 is 10.0 Å². The van der Waals surface area contributed by atoms with Gasteiger partial charge in [-0.3, -0.25) is 4.79 Å². The van der Waals surface area contributed by atoms with E-state index in [1.54, 1.807) is 12.1 Å². The second-order valence-corrected chi connectivity index (χ2v) is 10.7. The fraction of sp³-hybridized carbons (Fsp3) is 0.400. The van der Waals surface area contributed by atoms with Gasteiger partial charge in [-0.05, 0) is 50.1 Å². The van der Waals surface area contributed by atoms with Crippen molar-refractivity contribution in [1.82, 2.24) is 9.62 Å². The molecule has 0 bridgehead atoms. The smallest absolute Gasteiger partial charge is 0.254 e. The van der Waals surface area contributed by atoms with Crippen LogP contribution in [0, 0.1) is 0 Å². The van der Waals surface area contributed by atoms with E-state index in [0.29, 0.717) is 37.6 Å². The molecule has 2 aliphatic rings. The van der Waals surface area contributed by atoms with Crippen LogP contribution in [0.5, 0.6) is 0 Å². The summed E-state index contributed by atoms with van der Waals surface area (Å²) in [5, 5.41) is 3.98. The van der Waals surface area contributed by atoms with Gasteiger partial charge in [0, 0.05) is 37.3 Å². The van der Waals surface area contributed by atoms with E-state index in [4.69, 9.17) is 9.15 Å². The summed E-state index contributed by atoms with van der Waals surface area (Å²) in [5.74, 6) is 0.322. The molecule has 3 heterocycles. The summed E-state index contributed by atoms with van der Waals surface area (Å²) in [6.45, 7) is 4.89. The van der Waals surface area contributed by atoms with Gasteiger partial charge in [-0.15, -0.1) is 0 Å². The molecule has 0 spiro atoms. The molecule has 1 amide bonds. The van der Waals surface area contributed by atoms with Crippen LogP contribution in [0.15, 0.2) is 57.8 Å². The first kappa shape index (κ1) is 22.9. The lowest BCUT2D eigenvalue weighted by molar-refractivity contribution is 0.0730. The van der Waals surface area contributed by atoms with Gasteiger partial charge < -0.3 is 19.4 Å². The van der Waals surface area contributed by atoms with Gasteiger partial charge in [-0.25, -0.2) is 8.42 Å². The van der Waals surface area contributed by atoms with Crippen molar-refractivity contribution in [2.75, 3.05) is 44.3 Å². The minimum absolute atomic E-state index is 0.124. The van der Waals surface area contributed by atoms with Crippen molar-refractivity contribution in [3.8, 4) is 0 Å². The van der Waals surface area contributed by atoms with E-state index in [2.05, 4.69) is 10.2 Å². The van der Waals surface area contributed by atoms with Crippen LogP contribution in [0.3, 0.4) is 0 Å². The van der Waals surface area contributed by atoms with Crippen molar-refractivity contribution in [2.24, 2.45) is 0 Å². The first-order valence-corrected chi connectivity index (χ1v) is 13.1. The molecule has 8 nitrogen and oxygen atoms in total. The molecular formula is C25H29N3O5S. The molecule has 2 saturated heterocycles. The van der Waals surface area contributed by atoms with E-state index in [1.165, 1.54) is 10.4 Å². The minimum Gasteiger partial charge on any atom is -0.459 e. The standard InChI is InChI=1S/C25H29N3O5S/c1-18(24-16-19-6-2-3-7-23(19)33-24)26-25(29)21-17-20(8-9-22(21)27-10-4-5-11-27)34(30,31)28-12-14-32-15-13-28/h2-3,6-9,16-18H,4-5,10-15H2,1H3,(H,26,29)/t18-/m1/s1. The topological polar surface area (TPSA) is 92.1 Å². The molecule has 0 saturated carbocycles. The summed E-state index contributed by atoms with van der Waals surface area (Å²) in [6, 6.07) is 14.1. The highest BCUT2D eigenvalue weighted by atomic mass is 32.2. The largest absolute Gasteiger partial charge is 0.459 e. The normalized spacial score (nSPS) is 18.3. The summed E-state index contributed by atoms with van der Waals surface area (Å²) in [5.41, 5.74) is 1.88. The highest BCUT2D eigenvalue weighted by Gasteiger charge is 2.29. The van der Waals surface area contributed by atoms with E-state index in [0.717, 1.165) is 42.6 Å². The zero-order valence-corrected chi connectivity index (χ0v) is 20.0. The Bertz CT molecular complexity index is 1260. The third-order valence-corrected chi connectivity index (χ3v) is 8.38. The maximum atomic E-state index is 13.5. The van der Waals surface area contributed by atoms with Gasteiger partial charge in [0.1, 0.15) is 11.3 Å². The molecule has 34 heavy (non-hydrogen) atoms. The summed E-state index contributed by atoms with van der Waals surface area (Å²) in [6.07, 6.45) is 2.09. The second-order valence-electron chi connectivity index (χ2n) is 8.77. The van der Waals surface area contributed by atoms with Gasteiger partial charge in [0.05, 0.1) is 29.7 Å². The molecule has 9 heteroatoms. The Morgan fingerprint density at radius 1 is 1.00 bits per heavy atom. The molecule has 1 aromatic heterocycles. The van der Waals surface area contributed by atoms with Crippen molar-refractivity contribution in [2.45, 2.75) is 30.7 Å². The number of carbonyl (C=O) groups excluding carboxylic acids is 1. The summed E-state index contributed by atoms with van der Waals surface area (Å²) in [4.78, 5) is 15.7. The predicted molar refractivity (Wildman–Crippen MR) is 130 cm³/mol.